The van der Waals surface area contributed by atoms with Crippen molar-refractivity contribution in [2.45, 2.75) is 18.9 Å². The van der Waals surface area contributed by atoms with Gasteiger partial charge in [-0.3, -0.25) is 19.8 Å². The number of amides is 4. The molecule has 4 amide bonds. The van der Waals surface area contributed by atoms with Crippen molar-refractivity contribution >= 4 is 52.0 Å². The van der Waals surface area contributed by atoms with E-state index in [4.69, 9.17) is 10.5 Å². The summed E-state index contributed by atoms with van der Waals surface area (Å²) in [5.74, 6) is -4.93. The van der Waals surface area contributed by atoms with E-state index in [-0.39, 0.29) is 60.2 Å². The van der Waals surface area contributed by atoms with Crippen LogP contribution < -0.4 is 20.7 Å². The zero-order valence-electron chi connectivity index (χ0n) is 20.6. The molecular weight excluding hydrogens is 599 g/mol. The maximum atomic E-state index is 15.4. The van der Waals surface area contributed by atoms with Gasteiger partial charge in [-0.25, -0.2) is 22.9 Å². The Bertz CT molecular complexity index is 1470. The summed E-state index contributed by atoms with van der Waals surface area (Å²) in [5, 5.41) is 11.8. The van der Waals surface area contributed by atoms with E-state index in [1.807, 2.05) is 0 Å². The molecule has 14 heteroatoms. The molecule has 4 N–H and O–H groups in total. The predicted molar refractivity (Wildman–Crippen MR) is 142 cm³/mol. The summed E-state index contributed by atoms with van der Waals surface area (Å²) in [6.07, 6.45) is 0.984. The molecule has 1 saturated heterocycles. The number of hydrogen-bond acceptors (Lipinski definition) is 6. The van der Waals surface area contributed by atoms with Crippen molar-refractivity contribution in [1.29, 1.82) is 0 Å². The molecule has 40 heavy (non-hydrogen) atoms. The number of pyridine rings is 1. The van der Waals surface area contributed by atoms with Crippen molar-refractivity contribution in [3.05, 3.63) is 72.2 Å². The fourth-order valence-electron chi connectivity index (χ4n) is 4.11. The summed E-state index contributed by atoms with van der Waals surface area (Å²) in [7, 11) is 0. The number of aliphatic hydroxyl groups excluding tert-OH is 1. The number of aromatic nitrogens is 1. The number of hydrogen-bond donors (Lipinski definition) is 3. The second kappa shape index (κ2) is 11.1. The van der Waals surface area contributed by atoms with Gasteiger partial charge in [0.2, 0.25) is 11.8 Å². The minimum atomic E-state index is -1.57. The highest BCUT2D eigenvalue weighted by Gasteiger charge is 2.57. The van der Waals surface area contributed by atoms with Crippen molar-refractivity contribution in [2.75, 3.05) is 23.3 Å². The smallest absolute Gasteiger partial charge is 0.323 e. The number of urea groups is 1. The molecule has 2 aliphatic rings. The van der Waals surface area contributed by atoms with E-state index < -0.39 is 58.3 Å². The number of likely N-dealkylation sites (tertiary alicyclic amines) is 1. The van der Waals surface area contributed by atoms with Gasteiger partial charge in [0, 0.05) is 30.1 Å². The molecule has 0 unspecified atom stereocenters. The average molecular weight is 622 g/mol. The van der Waals surface area contributed by atoms with E-state index in [1.54, 1.807) is 0 Å². The number of ether oxygens (including phenoxy) is 1. The quantitative estimate of drug-likeness (QED) is 0.341. The largest absolute Gasteiger partial charge is 0.454 e. The third-order valence-electron chi connectivity index (χ3n) is 6.50. The minimum absolute atomic E-state index is 0. The average Bonchev–Trinajstić information content (AvgIpc) is 3.69. The number of β-amino-alcohol motifs (C(OH)–C–C–N with tert-alkyl or cyclic N) is 1. The third-order valence-corrected chi connectivity index (χ3v) is 6.50. The molecule has 10 nitrogen and oxygen atoms in total. The normalized spacial score (nSPS) is 15.3. The molecule has 2 heterocycles. The number of anilines is 3. The first kappa shape index (κ1) is 28.8. The summed E-state index contributed by atoms with van der Waals surface area (Å²) >= 11 is 0. The Morgan fingerprint density at radius 2 is 1.73 bits per heavy atom. The monoisotopic (exact) mass is 621 g/mol. The van der Waals surface area contributed by atoms with Crippen molar-refractivity contribution in [1.82, 2.24) is 9.88 Å². The summed E-state index contributed by atoms with van der Waals surface area (Å²) < 4.78 is 49.6. The van der Waals surface area contributed by atoms with E-state index in [0.717, 1.165) is 29.2 Å². The van der Waals surface area contributed by atoms with E-state index in [2.05, 4.69) is 10.3 Å². The third kappa shape index (κ3) is 5.58. The molecule has 1 saturated carbocycles. The first-order valence-electron chi connectivity index (χ1n) is 11.8. The lowest BCUT2D eigenvalue weighted by Crippen LogP contribution is -2.54. The highest BCUT2D eigenvalue weighted by Crippen LogP contribution is 2.49. The van der Waals surface area contributed by atoms with Crippen LogP contribution in [0.4, 0.5) is 35.2 Å². The highest BCUT2D eigenvalue weighted by molar-refractivity contribution is 8.93. The SMILES string of the molecule is Br.NC(=O)C1(C(=O)N(c2ccc(F)cc2)c2cc(F)c(Oc3ccnc(NC(=O)N4CC(O)C4)c3)cc2F)CC1. The first-order chi connectivity index (χ1) is 18.6. The van der Waals surface area contributed by atoms with Crippen LogP contribution in [-0.4, -0.2) is 52.0 Å². The topological polar surface area (TPSA) is 138 Å². The van der Waals surface area contributed by atoms with Crippen molar-refractivity contribution in [3.63, 3.8) is 0 Å². The number of benzene rings is 2. The van der Waals surface area contributed by atoms with E-state index >= 15 is 8.78 Å². The van der Waals surface area contributed by atoms with Crippen molar-refractivity contribution in [3.8, 4) is 11.5 Å². The maximum Gasteiger partial charge on any atom is 0.323 e. The first-order valence-corrected chi connectivity index (χ1v) is 11.8. The molecule has 0 radical (unpaired) electrons. The van der Waals surface area contributed by atoms with Gasteiger partial charge >= 0.3 is 6.03 Å². The number of halogens is 4. The van der Waals surface area contributed by atoms with Crippen molar-refractivity contribution < 1.29 is 37.4 Å². The van der Waals surface area contributed by atoms with Gasteiger partial charge in [-0.05, 0) is 43.2 Å². The highest BCUT2D eigenvalue weighted by atomic mass is 79.9. The number of rotatable bonds is 7. The van der Waals surface area contributed by atoms with Gasteiger partial charge in [0.1, 0.15) is 22.8 Å². The van der Waals surface area contributed by atoms with Crippen molar-refractivity contribution in [2.24, 2.45) is 11.1 Å². The Hall–Kier alpha value is -4.17. The van der Waals surface area contributed by atoms with Gasteiger partial charge in [-0.2, -0.15) is 0 Å². The molecule has 1 aliphatic heterocycles. The molecule has 0 bridgehead atoms. The van der Waals surface area contributed by atoms with E-state index in [9.17, 15) is 23.9 Å². The molecular formula is C26H23BrF3N5O5. The second-order valence-electron chi connectivity index (χ2n) is 9.27. The van der Waals surface area contributed by atoms with Crippen LogP contribution in [-0.2, 0) is 9.59 Å². The molecule has 0 spiro atoms. The Morgan fingerprint density at radius 1 is 1.05 bits per heavy atom. The van der Waals surface area contributed by atoms with Gasteiger partial charge in [0.25, 0.3) is 0 Å². The molecule has 3 aromatic rings. The Labute approximate surface area is 236 Å². The van der Waals surface area contributed by atoms with Crippen LogP contribution in [0.25, 0.3) is 0 Å². The number of nitrogens with one attached hydrogen (secondary N) is 1. The number of aliphatic hydroxyl groups is 1. The molecule has 1 aliphatic carbocycles. The number of nitrogens with two attached hydrogens (primary N) is 1. The van der Waals surface area contributed by atoms with Crippen LogP contribution in [0, 0.1) is 22.9 Å². The predicted octanol–water partition coefficient (Wildman–Crippen LogP) is 4.01. The zero-order chi connectivity index (χ0) is 27.9. The number of primary amides is 1. The minimum Gasteiger partial charge on any atom is -0.454 e. The van der Waals surface area contributed by atoms with Gasteiger partial charge in [0.15, 0.2) is 17.4 Å². The van der Waals surface area contributed by atoms with E-state index in [0.29, 0.717) is 0 Å². The lowest BCUT2D eigenvalue weighted by Gasteiger charge is -2.35. The Kier molecular flexibility index (Phi) is 8.03. The summed E-state index contributed by atoms with van der Waals surface area (Å²) in [6.45, 7) is 0.355. The number of carbonyl (C=O) groups excluding carboxylic acids is 3. The summed E-state index contributed by atoms with van der Waals surface area (Å²) in [4.78, 5) is 43.7. The number of nitrogens with zero attached hydrogens (tertiary/aromatic N) is 3. The Morgan fingerprint density at radius 3 is 2.33 bits per heavy atom. The molecule has 210 valence electrons. The van der Waals surface area contributed by atoms with Gasteiger partial charge < -0.3 is 20.5 Å². The number of carbonyl (C=O) groups is 3. The summed E-state index contributed by atoms with van der Waals surface area (Å²) in [5.41, 5.74) is 3.34. The molecule has 2 aromatic carbocycles. The van der Waals surface area contributed by atoms with Gasteiger partial charge in [-0.15, -0.1) is 17.0 Å². The lowest BCUT2D eigenvalue weighted by molar-refractivity contribution is -0.133. The van der Waals surface area contributed by atoms with Crippen LogP contribution in [0.2, 0.25) is 0 Å². The molecule has 1 aromatic heterocycles. The molecule has 0 atom stereocenters. The zero-order valence-corrected chi connectivity index (χ0v) is 22.4. The lowest BCUT2D eigenvalue weighted by atomic mass is 10.0. The van der Waals surface area contributed by atoms with Crippen LogP contribution in [0.15, 0.2) is 54.7 Å². The fourth-order valence-corrected chi connectivity index (χ4v) is 4.11. The van der Waals surface area contributed by atoms with Crippen LogP contribution in [0.1, 0.15) is 12.8 Å². The fraction of sp³-hybridized carbons (Fsp3) is 0.231. The van der Waals surface area contributed by atoms with Crippen LogP contribution >= 0.6 is 17.0 Å². The molecule has 5 rings (SSSR count). The van der Waals surface area contributed by atoms with Crippen LogP contribution in [0.5, 0.6) is 11.5 Å². The maximum absolute atomic E-state index is 15.4. The summed E-state index contributed by atoms with van der Waals surface area (Å²) in [6, 6.07) is 8.05. The van der Waals surface area contributed by atoms with Gasteiger partial charge in [-0.1, -0.05) is 0 Å². The van der Waals surface area contributed by atoms with E-state index in [1.165, 1.54) is 35.4 Å². The molecule has 2 fully saturated rings. The van der Waals surface area contributed by atoms with Crippen LogP contribution in [0.3, 0.4) is 0 Å². The van der Waals surface area contributed by atoms with Gasteiger partial charge in [0.05, 0.1) is 24.9 Å². The second-order valence-corrected chi connectivity index (χ2v) is 9.27. The standard InChI is InChI=1S/C26H22F3N5O5.BrH/c27-14-1-3-15(4-2-14)34(24(37)26(6-7-26)23(30)36)20-10-19(29)21(11-18(20)28)39-17-5-8-31-22(9-17)32-25(38)33-12-16(35)13-33;/h1-5,8-11,16,35H,6-7,12-13H2,(H2,30,36)(H,31,32,38);1H. The Balaban J connectivity index is 0.00000370.